The summed E-state index contributed by atoms with van der Waals surface area (Å²) in [5.74, 6) is 0.889. The number of pyridine rings is 1. The lowest BCUT2D eigenvalue weighted by Crippen LogP contribution is -2.50. The highest BCUT2D eigenvalue weighted by Gasteiger charge is 2.45. The van der Waals surface area contributed by atoms with E-state index in [-0.39, 0.29) is 17.7 Å². The van der Waals surface area contributed by atoms with Gasteiger partial charge >= 0.3 is 6.03 Å². The van der Waals surface area contributed by atoms with Crippen LogP contribution >= 0.6 is 0 Å². The minimum atomic E-state index is -0.218. The molecule has 1 aliphatic heterocycles. The van der Waals surface area contributed by atoms with Crippen molar-refractivity contribution in [1.29, 1.82) is 0 Å². The van der Waals surface area contributed by atoms with Crippen LogP contribution in [0.1, 0.15) is 37.3 Å². The summed E-state index contributed by atoms with van der Waals surface area (Å²) in [7, 11) is 0. The topological polar surface area (TPSA) is 63.2 Å². The summed E-state index contributed by atoms with van der Waals surface area (Å²) in [6, 6.07) is 15.6. The summed E-state index contributed by atoms with van der Waals surface area (Å²) in [6.07, 6.45) is 7.58. The van der Waals surface area contributed by atoms with Gasteiger partial charge in [0.05, 0.1) is 17.9 Å². The first kappa shape index (κ1) is 16.1. The second kappa shape index (κ2) is 6.27. The van der Waals surface area contributed by atoms with Gasteiger partial charge in [-0.2, -0.15) is 0 Å². The number of hydrogen-bond acceptors (Lipinski definition) is 3. The predicted octanol–water partition coefficient (Wildman–Crippen LogP) is 4.80. The van der Waals surface area contributed by atoms with Gasteiger partial charge in [-0.25, -0.2) is 4.79 Å². The van der Waals surface area contributed by atoms with Gasteiger partial charge in [0.25, 0.3) is 0 Å². The summed E-state index contributed by atoms with van der Waals surface area (Å²) in [5, 5.41) is 8.10. The van der Waals surface area contributed by atoms with Crippen molar-refractivity contribution in [3.8, 4) is 5.75 Å². The second-order valence-corrected chi connectivity index (χ2v) is 7.44. The third-order valence-corrected chi connectivity index (χ3v) is 5.68. The molecule has 5 heteroatoms. The SMILES string of the molecule is O=C(Nc1cncc2ccccc12)NC1CC2(CCC2)Oc2ccccc21. The predicted molar refractivity (Wildman–Crippen MR) is 105 cm³/mol. The smallest absolute Gasteiger partial charge is 0.319 e. The zero-order valence-electron chi connectivity index (χ0n) is 14.9. The molecule has 2 N–H and O–H groups in total. The van der Waals surface area contributed by atoms with E-state index in [1.165, 1.54) is 6.42 Å². The number of anilines is 1. The van der Waals surface area contributed by atoms with E-state index in [0.717, 1.165) is 41.3 Å². The van der Waals surface area contributed by atoms with E-state index >= 15 is 0 Å². The Hall–Kier alpha value is -3.08. The van der Waals surface area contributed by atoms with Crippen molar-refractivity contribution in [3.63, 3.8) is 0 Å². The van der Waals surface area contributed by atoms with Crippen molar-refractivity contribution in [1.82, 2.24) is 10.3 Å². The van der Waals surface area contributed by atoms with Crippen LogP contribution in [0.15, 0.2) is 60.9 Å². The minimum absolute atomic E-state index is 0.0572. The van der Waals surface area contributed by atoms with Crippen LogP contribution < -0.4 is 15.4 Å². The number of fused-ring (bicyclic) bond motifs is 2. The molecule has 2 aliphatic rings. The van der Waals surface area contributed by atoms with Crippen LogP contribution in [-0.4, -0.2) is 16.6 Å². The third kappa shape index (κ3) is 2.89. The average Bonchev–Trinajstić information content (AvgIpc) is 2.67. The number of urea groups is 1. The molecule has 0 bridgehead atoms. The van der Waals surface area contributed by atoms with Crippen LogP contribution in [0.4, 0.5) is 10.5 Å². The van der Waals surface area contributed by atoms with Crippen LogP contribution in [0.25, 0.3) is 10.8 Å². The zero-order valence-corrected chi connectivity index (χ0v) is 14.9. The van der Waals surface area contributed by atoms with Crippen molar-refractivity contribution in [2.24, 2.45) is 0 Å². The molecule has 2 heterocycles. The van der Waals surface area contributed by atoms with Crippen molar-refractivity contribution in [3.05, 3.63) is 66.5 Å². The fraction of sp³-hybridized carbons (Fsp3) is 0.273. The van der Waals surface area contributed by atoms with Gasteiger partial charge in [0, 0.05) is 29.0 Å². The Morgan fingerprint density at radius 1 is 1.07 bits per heavy atom. The number of para-hydroxylation sites is 1. The monoisotopic (exact) mass is 359 g/mol. The lowest BCUT2D eigenvalue weighted by molar-refractivity contribution is -0.0354. The Kier molecular flexibility index (Phi) is 3.74. The molecule has 2 aromatic carbocycles. The molecule has 1 unspecified atom stereocenters. The molecule has 0 radical (unpaired) electrons. The molecule has 1 aliphatic carbocycles. The van der Waals surface area contributed by atoms with Crippen molar-refractivity contribution < 1.29 is 9.53 Å². The molecule has 0 saturated heterocycles. The Labute approximate surface area is 157 Å². The maximum Gasteiger partial charge on any atom is 0.319 e. The molecule has 5 rings (SSSR count). The van der Waals surface area contributed by atoms with E-state index in [1.54, 1.807) is 12.4 Å². The number of carbonyl (C=O) groups is 1. The number of benzene rings is 2. The molecule has 5 nitrogen and oxygen atoms in total. The quantitative estimate of drug-likeness (QED) is 0.691. The third-order valence-electron chi connectivity index (χ3n) is 5.68. The molecule has 1 fully saturated rings. The van der Waals surface area contributed by atoms with Gasteiger partial charge in [0.15, 0.2) is 0 Å². The number of rotatable bonds is 2. The van der Waals surface area contributed by atoms with Gasteiger partial charge in [-0.1, -0.05) is 42.5 Å². The Morgan fingerprint density at radius 3 is 2.74 bits per heavy atom. The van der Waals surface area contributed by atoms with E-state index < -0.39 is 0 Å². The Morgan fingerprint density at radius 2 is 1.89 bits per heavy atom. The number of nitrogens with zero attached hydrogens (tertiary/aromatic N) is 1. The molecule has 1 aromatic heterocycles. The highest BCUT2D eigenvalue weighted by atomic mass is 16.5. The average molecular weight is 359 g/mol. The molecule has 2 amide bonds. The molecule has 1 saturated carbocycles. The van der Waals surface area contributed by atoms with Crippen LogP contribution in [0.3, 0.4) is 0 Å². The Bertz CT molecular complexity index is 1010. The van der Waals surface area contributed by atoms with E-state index in [1.807, 2.05) is 48.5 Å². The molecule has 1 spiro atoms. The summed E-state index contributed by atoms with van der Waals surface area (Å²) < 4.78 is 6.26. The summed E-state index contributed by atoms with van der Waals surface area (Å²) in [5.41, 5.74) is 1.64. The maximum atomic E-state index is 12.8. The molecule has 1 atom stereocenters. The lowest BCUT2D eigenvalue weighted by atomic mass is 9.73. The summed E-state index contributed by atoms with van der Waals surface area (Å²) in [6.45, 7) is 0. The number of carbonyl (C=O) groups excluding carboxylic acids is 1. The van der Waals surface area contributed by atoms with Gasteiger partial charge in [-0.3, -0.25) is 4.98 Å². The van der Waals surface area contributed by atoms with E-state index in [9.17, 15) is 4.79 Å². The highest BCUT2D eigenvalue weighted by molar-refractivity contribution is 6.01. The van der Waals surface area contributed by atoms with Gasteiger partial charge < -0.3 is 15.4 Å². The first-order chi connectivity index (χ1) is 13.2. The molecule has 27 heavy (non-hydrogen) atoms. The number of nitrogens with one attached hydrogen (secondary N) is 2. The maximum absolute atomic E-state index is 12.8. The first-order valence-electron chi connectivity index (χ1n) is 9.41. The van der Waals surface area contributed by atoms with Crippen molar-refractivity contribution in [2.45, 2.75) is 37.3 Å². The standard InChI is InChI=1S/C22H21N3O2/c26-21(25-19-14-23-13-15-6-1-2-7-16(15)19)24-18-12-22(10-5-11-22)27-20-9-4-3-8-17(18)20/h1-4,6-9,13-14,18H,5,10-12H2,(H2,24,25,26). The van der Waals surface area contributed by atoms with E-state index in [4.69, 9.17) is 4.74 Å². The second-order valence-electron chi connectivity index (χ2n) is 7.44. The normalized spacial score (nSPS) is 19.6. The number of hydrogen-bond donors (Lipinski definition) is 2. The molecular formula is C22H21N3O2. The Balaban J connectivity index is 1.39. The zero-order chi connectivity index (χ0) is 18.3. The fourth-order valence-electron chi connectivity index (χ4n) is 4.16. The summed E-state index contributed by atoms with van der Waals surface area (Å²) >= 11 is 0. The van der Waals surface area contributed by atoms with Gasteiger partial charge in [-0.05, 0) is 25.3 Å². The molecule has 3 aromatic rings. The lowest BCUT2D eigenvalue weighted by Gasteiger charge is -2.48. The van der Waals surface area contributed by atoms with Crippen molar-refractivity contribution in [2.75, 3.05) is 5.32 Å². The van der Waals surface area contributed by atoms with Crippen LogP contribution in [0.5, 0.6) is 5.75 Å². The molecule has 136 valence electrons. The minimum Gasteiger partial charge on any atom is -0.487 e. The van der Waals surface area contributed by atoms with Gasteiger partial charge in [-0.15, -0.1) is 0 Å². The summed E-state index contributed by atoms with van der Waals surface area (Å²) in [4.78, 5) is 17.0. The molecular weight excluding hydrogens is 338 g/mol. The van der Waals surface area contributed by atoms with Crippen molar-refractivity contribution >= 4 is 22.5 Å². The van der Waals surface area contributed by atoms with E-state index in [2.05, 4.69) is 15.6 Å². The number of aromatic nitrogens is 1. The van der Waals surface area contributed by atoms with E-state index in [0.29, 0.717) is 5.69 Å². The van der Waals surface area contributed by atoms with Crippen LogP contribution in [0.2, 0.25) is 0 Å². The van der Waals surface area contributed by atoms with Crippen LogP contribution in [0, 0.1) is 0 Å². The van der Waals surface area contributed by atoms with Gasteiger partial charge in [0.1, 0.15) is 11.4 Å². The van der Waals surface area contributed by atoms with Crippen LogP contribution in [-0.2, 0) is 0 Å². The van der Waals surface area contributed by atoms with Gasteiger partial charge in [0.2, 0.25) is 0 Å². The fourth-order valence-corrected chi connectivity index (χ4v) is 4.16. The first-order valence-corrected chi connectivity index (χ1v) is 9.41. The number of ether oxygens (including phenoxy) is 1. The largest absolute Gasteiger partial charge is 0.487 e. The highest BCUT2D eigenvalue weighted by Crippen LogP contribution is 2.48. The number of amides is 2.